The normalized spacial score (nSPS) is 10.7. The van der Waals surface area contributed by atoms with Crippen LogP contribution < -0.4 is 0 Å². The van der Waals surface area contributed by atoms with E-state index in [2.05, 4.69) is 4.98 Å². The highest BCUT2D eigenvalue weighted by Gasteiger charge is 2.20. The van der Waals surface area contributed by atoms with Crippen molar-refractivity contribution in [3.05, 3.63) is 27.5 Å². The molecular weight excluding hydrogens is 258 g/mol. The van der Waals surface area contributed by atoms with Gasteiger partial charge >= 0.3 is 0 Å². The Labute approximate surface area is 92.8 Å². The van der Waals surface area contributed by atoms with Crippen LogP contribution in [0.1, 0.15) is 22.5 Å². The van der Waals surface area contributed by atoms with Crippen LogP contribution in [0, 0.1) is 0 Å². The molecule has 0 fully saturated rings. The van der Waals surface area contributed by atoms with E-state index in [-0.39, 0.29) is 10.2 Å². The molecule has 0 radical (unpaired) electrons. The Hall–Kier alpha value is -0.450. The van der Waals surface area contributed by atoms with E-state index in [1.165, 1.54) is 0 Å². The number of pyridine rings is 1. The Morgan fingerprint density at radius 3 is 2.43 bits per heavy atom. The molecule has 0 saturated heterocycles. The molecule has 76 valence electrons. The number of carbonyl (C=O) groups excluding carboxylic acids is 1. The van der Waals surface area contributed by atoms with Crippen molar-refractivity contribution in [1.82, 2.24) is 4.98 Å². The van der Waals surface area contributed by atoms with E-state index in [9.17, 15) is 13.6 Å². The van der Waals surface area contributed by atoms with Crippen LogP contribution in [0.4, 0.5) is 8.78 Å². The molecule has 0 bridgehead atoms. The minimum absolute atomic E-state index is 0.149. The Kier molecular flexibility index (Phi) is 3.64. The third-order valence-electron chi connectivity index (χ3n) is 1.38. The number of hydrogen-bond donors (Lipinski definition) is 0. The summed E-state index contributed by atoms with van der Waals surface area (Å²) in [6, 6.07) is 0.872. The van der Waals surface area contributed by atoms with Crippen LogP contribution in [-0.4, -0.2) is 10.2 Å². The van der Waals surface area contributed by atoms with Gasteiger partial charge in [-0.1, -0.05) is 23.2 Å². The summed E-state index contributed by atoms with van der Waals surface area (Å²) in [4.78, 5) is 14.1. The summed E-state index contributed by atoms with van der Waals surface area (Å²) in [5.74, 6) is 0. The monoisotopic (exact) mass is 259 g/mol. The molecule has 1 rings (SSSR count). The highest BCUT2D eigenvalue weighted by molar-refractivity contribution is 6.67. The molecule has 1 heterocycles. The summed E-state index contributed by atoms with van der Waals surface area (Å²) in [5, 5.41) is -1.48. The van der Waals surface area contributed by atoms with Gasteiger partial charge in [0.15, 0.2) is 0 Å². The minimum Gasteiger partial charge on any atom is -0.274 e. The predicted octanol–water partition coefficient (Wildman–Crippen LogP) is 3.71. The maximum atomic E-state index is 12.3. The van der Waals surface area contributed by atoms with E-state index in [1.54, 1.807) is 0 Å². The summed E-state index contributed by atoms with van der Waals surface area (Å²) < 4.78 is 24.7. The fourth-order valence-electron chi connectivity index (χ4n) is 0.804. The van der Waals surface area contributed by atoms with Crippen LogP contribution >= 0.6 is 34.8 Å². The lowest BCUT2D eigenvalue weighted by atomic mass is 10.2. The fraction of sp³-hybridized carbons (Fsp3) is 0.143. The molecule has 7 heteroatoms. The number of halogens is 5. The second-order valence-corrected chi connectivity index (χ2v) is 3.38. The minimum atomic E-state index is -2.88. The second kappa shape index (κ2) is 4.38. The lowest BCUT2D eigenvalue weighted by Crippen LogP contribution is -2.02. The number of aromatic nitrogens is 1. The van der Waals surface area contributed by atoms with Gasteiger partial charge in [-0.25, -0.2) is 13.8 Å². The van der Waals surface area contributed by atoms with Crippen molar-refractivity contribution in [2.75, 3.05) is 0 Å². The van der Waals surface area contributed by atoms with Gasteiger partial charge < -0.3 is 0 Å². The molecule has 0 spiro atoms. The molecule has 0 saturated carbocycles. The van der Waals surface area contributed by atoms with Gasteiger partial charge in [-0.05, 0) is 17.7 Å². The Balaban J connectivity index is 3.39. The number of alkyl halides is 2. The number of hydrogen-bond acceptors (Lipinski definition) is 2. The number of carbonyl (C=O) groups is 1. The van der Waals surface area contributed by atoms with Gasteiger partial charge in [0.05, 0.1) is 10.6 Å². The van der Waals surface area contributed by atoms with Crippen molar-refractivity contribution in [2.45, 2.75) is 6.43 Å². The molecule has 0 atom stereocenters. The number of rotatable bonds is 2. The van der Waals surface area contributed by atoms with Crippen molar-refractivity contribution in [3.63, 3.8) is 0 Å². The zero-order chi connectivity index (χ0) is 10.9. The quantitative estimate of drug-likeness (QED) is 0.599. The third kappa shape index (κ3) is 2.32. The summed E-state index contributed by atoms with van der Waals surface area (Å²) in [5.41, 5.74) is -1.20. The molecular formula is C7H2Cl3F2NO. The Bertz CT molecular complexity index is 383. The molecule has 1 aromatic heterocycles. The number of nitrogens with zero attached hydrogens (tertiary/aromatic N) is 1. The van der Waals surface area contributed by atoms with Crippen LogP contribution in [0.15, 0.2) is 6.07 Å². The first-order valence-electron chi connectivity index (χ1n) is 3.27. The predicted molar refractivity (Wildman–Crippen MR) is 49.4 cm³/mol. The highest BCUT2D eigenvalue weighted by Crippen LogP contribution is 2.29. The smallest absolute Gasteiger partial charge is 0.271 e. The molecule has 0 aliphatic rings. The van der Waals surface area contributed by atoms with Gasteiger partial charge in [0.1, 0.15) is 10.8 Å². The molecule has 0 aliphatic heterocycles. The largest absolute Gasteiger partial charge is 0.274 e. The zero-order valence-electron chi connectivity index (χ0n) is 6.40. The second-order valence-electron chi connectivity index (χ2n) is 2.27. The van der Waals surface area contributed by atoms with E-state index in [1.807, 2.05) is 0 Å². The summed E-state index contributed by atoms with van der Waals surface area (Å²) in [7, 11) is 0. The van der Waals surface area contributed by atoms with Crippen LogP contribution in [0.3, 0.4) is 0 Å². The van der Waals surface area contributed by atoms with E-state index < -0.39 is 22.9 Å². The maximum absolute atomic E-state index is 12.3. The van der Waals surface area contributed by atoms with Crippen LogP contribution in [0.2, 0.25) is 10.2 Å². The van der Waals surface area contributed by atoms with Crippen LogP contribution in [0.25, 0.3) is 0 Å². The van der Waals surface area contributed by atoms with Crippen molar-refractivity contribution >= 4 is 40.0 Å². The first kappa shape index (κ1) is 11.6. The highest BCUT2D eigenvalue weighted by atomic mass is 35.5. The first-order valence-corrected chi connectivity index (χ1v) is 4.40. The van der Waals surface area contributed by atoms with Crippen molar-refractivity contribution in [2.24, 2.45) is 0 Å². The van der Waals surface area contributed by atoms with E-state index >= 15 is 0 Å². The molecule has 0 aromatic carbocycles. The molecule has 0 aliphatic carbocycles. The lowest BCUT2D eigenvalue weighted by Gasteiger charge is -2.05. The summed E-state index contributed by atoms with van der Waals surface area (Å²) in [6.45, 7) is 0. The van der Waals surface area contributed by atoms with Crippen molar-refractivity contribution in [3.8, 4) is 0 Å². The van der Waals surface area contributed by atoms with Gasteiger partial charge in [-0.15, -0.1) is 0 Å². The molecule has 2 nitrogen and oxygen atoms in total. The van der Waals surface area contributed by atoms with E-state index in [4.69, 9.17) is 34.8 Å². The van der Waals surface area contributed by atoms with Gasteiger partial charge in [-0.3, -0.25) is 4.79 Å². The third-order valence-corrected chi connectivity index (χ3v) is 2.24. The van der Waals surface area contributed by atoms with Gasteiger partial charge in [0.25, 0.3) is 11.7 Å². The SMILES string of the molecule is O=C(Cl)c1nc(Cl)c(Cl)cc1C(F)F. The lowest BCUT2D eigenvalue weighted by molar-refractivity contribution is 0.106. The zero-order valence-corrected chi connectivity index (χ0v) is 8.67. The molecule has 0 unspecified atom stereocenters. The average molecular weight is 260 g/mol. The van der Waals surface area contributed by atoms with E-state index in [0.717, 1.165) is 6.07 Å². The van der Waals surface area contributed by atoms with Gasteiger partial charge in [0.2, 0.25) is 0 Å². The van der Waals surface area contributed by atoms with Crippen molar-refractivity contribution < 1.29 is 13.6 Å². The topological polar surface area (TPSA) is 30.0 Å². The van der Waals surface area contributed by atoms with Crippen molar-refractivity contribution in [1.29, 1.82) is 0 Å². The maximum Gasteiger partial charge on any atom is 0.271 e. The summed E-state index contributed by atoms with van der Waals surface area (Å²) >= 11 is 15.9. The average Bonchev–Trinajstić information content (AvgIpc) is 2.08. The van der Waals surface area contributed by atoms with Gasteiger partial charge in [0, 0.05) is 0 Å². The molecule has 14 heavy (non-hydrogen) atoms. The van der Waals surface area contributed by atoms with Crippen LogP contribution in [-0.2, 0) is 0 Å². The molecule has 0 N–H and O–H groups in total. The Morgan fingerprint density at radius 2 is 2.00 bits per heavy atom. The Morgan fingerprint density at radius 1 is 1.43 bits per heavy atom. The fourth-order valence-corrected chi connectivity index (χ4v) is 1.25. The first-order chi connectivity index (χ1) is 6.43. The summed E-state index contributed by atoms with van der Waals surface area (Å²) in [6.07, 6.45) is -2.88. The van der Waals surface area contributed by atoms with Gasteiger partial charge in [-0.2, -0.15) is 0 Å². The van der Waals surface area contributed by atoms with E-state index in [0.29, 0.717) is 0 Å². The standard InChI is InChI=1S/C7H2Cl3F2NO/c8-3-1-2(7(11)12)4(6(10)14)13-5(3)9/h1,7H. The molecule has 0 amide bonds. The molecule has 1 aromatic rings. The van der Waals surface area contributed by atoms with Crippen LogP contribution in [0.5, 0.6) is 0 Å².